The van der Waals surface area contributed by atoms with Crippen LogP contribution in [0.1, 0.15) is 27.4 Å². The number of anilines is 1. The van der Waals surface area contributed by atoms with Gasteiger partial charge < -0.3 is 14.5 Å². The molecule has 0 saturated heterocycles. The van der Waals surface area contributed by atoms with Gasteiger partial charge in [-0.3, -0.25) is 0 Å². The average molecular weight is 417 g/mol. The smallest absolute Gasteiger partial charge is 0.341 e. The SMILES string of the molecule is COC(=O)c1cc(CNc2c(Br)cc(C)cc2Br)oc1C. The number of hydrogen-bond acceptors (Lipinski definition) is 4. The molecule has 1 aromatic carbocycles. The number of nitrogens with one attached hydrogen (secondary N) is 1. The lowest BCUT2D eigenvalue weighted by Gasteiger charge is -2.10. The molecule has 0 aliphatic carbocycles. The summed E-state index contributed by atoms with van der Waals surface area (Å²) in [5.74, 6) is 0.841. The third-order valence-corrected chi connectivity index (χ3v) is 4.25. The van der Waals surface area contributed by atoms with Crippen molar-refractivity contribution in [3.8, 4) is 0 Å². The molecule has 0 radical (unpaired) electrons. The van der Waals surface area contributed by atoms with Gasteiger partial charge in [-0.05, 0) is 69.5 Å². The van der Waals surface area contributed by atoms with Gasteiger partial charge in [0.1, 0.15) is 17.1 Å². The number of methoxy groups -OCH3 is 1. The Morgan fingerprint density at radius 1 is 1.24 bits per heavy atom. The van der Waals surface area contributed by atoms with E-state index in [1.54, 1.807) is 13.0 Å². The lowest BCUT2D eigenvalue weighted by molar-refractivity contribution is 0.0599. The zero-order chi connectivity index (χ0) is 15.6. The van der Waals surface area contributed by atoms with E-state index in [-0.39, 0.29) is 5.97 Å². The van der Waals surface area contributed by atoms with Crippen molar-refractivity contribution in [2.75, 3.05) is 12.4 Å². The predicted octanol–water partition coefficient (Wildman–Crippen LogP) is 4.82. The quantitative estimate of drug-likeness (QED) is 0.726. The van der Waals surface area contributed by atoms with E-state index >= 15 is 0 Å². The number of esters is 1. The molecule has 1 heterocycles. The highest BCUT2D eigenvalue weighted by molar-refractivity contribution is 9.11. The van der Waals surface area contributed by atoms with Crippen LogP contribution in [0.15, 0.2) is 31.6 Å². The van der Waals surface area contributed by atoms with Crippen LogP contribution in [0.5, 0.6) is 0 Å². The van der Waals surface area contributed by atoms with Gasteiger partial charge in [-0.15, -0.1) is 0 Å². The van der Waals surface area contributed by atoms with E-state index in [0.717, 1.165) is 20.2 Å². The van der Waals surface area contributed by atoms with Gasteiger partial charge in [0, 0.05) is 8.95 Å². The summed E-state index contributed by atoms with van der Waals surface area (Å²) in [4.78, 5) is 11.5. The third-order valence-electron chi connectivity index (χ3n) is 3.00. The van der Waals surface area contributed by atoms with Crippen LogP contribution >= 0.6 is 31.9 Å². The Hall–Kier alpha value is -1.27. The van der Waals surface area contributed by atoms with E-state index in [0.29, 0.717) is 23.6 Å². The summed E-state index contributed by atoms with van der Waals surface area (Å²) in [5, 5.41) is 3.28. The van der Waals surface area contributed by atoms with E-state index in [9.17, 15) is 4.79 Å². The summed E-state index contributed by atoms with van der Waals surface area (Å²) in [6.07, 6.45) is 0. The van der Waals surface area contributed by atoms with Crippen LogP contribution < -0.4 is 5.32 Å². The van der Waals surface area contributed by atoms with Crippen molar-refractivity contribution in [1.82, 2.24) is 0 Å². The standard InChI is InChI=1S/C15H15Br2NO3/c1-8-4-12(16)14(13(17)5-8)18-7-10-6-11(9(2)21-10)15(19)20-3/h4-6,18H,7H2,1-3H3. The number of benzene rings is 1. The number of ether oxygens (including phenoxy) is 1. The first kappa shape index (κ1) is 16.1. The van der Waals surface area contributed by atoms with Crippen molar-refractivity contribution in [3.63, 3.8) is 0 Å². The number of furan rings is 1. The van der Waals surface area contributed by atoms with Gasteiger partial charge in [-0.2, -0.15) is 0 Å². The summed E-state index contributed by atoms with van der Waals surface area (Å²) in [6.45, 7) is 4.24. The molecule has 0 bridgehead atoms. The van der Waals surface area contributed by atoms with Crippen molar-refractivity contribution in [1.29, 1.82) is 0 Å². The van der Waals surface area contributed by atoms with E-state index in [1.807, 2.05) is 19.1 Å². The molecular formula is C15H15Br2NO3. The third kappa shape index (κ3) is 3.68. The van der Waals surface area contributed by atoms with Gasteiger partial charge >= 0.3 is 5.97 Å². The second-order valence-electron chi connectivity index (χ2n) is 4.63. The molecule has 0 fully saturated rings. The van der Waals surface area contributed by atoms with Crippen LogP contribution in [0.25, 0.3) is 0 Å². The van der Waals surface area contributed by atoms with Crippen LogP contribution in [0.2, 0.25) is 0 Å². The molecular weight excluding hydrogens is 402 g/mol. The Kier molecular flexibility index (Phi) is 5.11. The summed E-state index contributed by atoms with van der Waals surface area (Å²) in [6, 6.07) is 5.75. The molecule has 0 saturated carbocycles. The van der Waals surface area contributed by atoms with Gasteiger partial charge in [0.05, 0.1) is 19.3 Å². The number of carbonyl (C=O) groups is 1. The topological polar surface area (TPSA) is 51.5 Å². The normalized spacial score (nSPS) is 10.5. The molecule has 0 atom stereocenters. The maximum atomic E-state index is 11.5. The molecule has 4 nitrogen and oxygen atoms in total. The predicted molar refractivity (Wildman–Crippen MR) is 88.7 cm³/mol. The number of carbonyl (C=O) groups excluding carboxylic acids is 1. The maximum Gasteiger partial charge on any atom is 0.341 e. The van der Waals surface area contributed by atoms with Crippen LogP contribution in [0, 0.1) is 13.8 Å². The van der Waals surface area contributed by atoms with Crippen molar-refractivity contribution < 1.29 is 13.9 Å². The molecule has 21 heavy (non-hydrogen) atoms. The molecule has 112 valence electrons. The first-order chi connectivity index (χ1) is 9.92. The van der Waals surface area contributed by atoms with Crippen LogP contribution in [0.4, 0.5) is 5.69 Å². The lowest BCUT2D eigenvalue weighted by atomic mass is 10.2. The maximum absolute atomic E-state index is 11.5. The molecule has 1 aromatic heterocycles. The van der Waals surface area contributed by atoms with E-state index < -0.39 is 0 Å². The second kappa shape index (κ2) is 6.66. The van der Waals surface area contributed by atoms with Gasteiger partial charge in [0.15, 0.2) is 0 Å². The minimum atomic E-state index is -0.389. The fourth-order valence-electron chi connectivity index (χ4n) is 1.99. The van der Waals surface area contributed by atoms with E-state index in [1.165, 1.54) is 7.11 Å². The second-order valence-corrected chi connectivity index (χ2v) is 6.34. The average Bonchev–Trinajstić information content (AvgIpc) is 2.78. The molecule has 0 amide bonds. The summed E-state index contributed by atoms with van der Waals surface area (Å²) < 4.78 is 12.2. The summed E-state index contributed by atoms with van der Waals surface area (Å²) in [5.41, 5.74) is 2.55. The minimum Gasteiger partial charge on any atom is -0.465 e. The highest BCUT2D eigenvalue weighted by Crippen LogP contribution is 2.32. The Bertz CT molecular complexity index is 657. The van der Waals surface area contributed by atoms with E-state index in [2.05, 4.69) is 37.2 Å². The molecule has 2 rings (SSSR count). The number of halogens is 2. The highest BCUT2D eigenvalue weighted by Gasteiger charge is 2.15. The lowest BCUT2D eigenvalue weighted by Crippen LogP contribution is -2.02. The van der Waals surface area contributed by atoms with Gasteiger partial charge in [0.2, 0.25) is 0 Å². The first-order valence-corrected chi connectivity index (χ1v) is 7.88. The Balaban J connectivity index is 2.16. The Morgan fingerprint density at radius 2 is 1.86 bits per heavy atom. The van der Waals surface area contributed by atoms with Gasteiger partial charge in [-0.1, -0.05) is 0 Å². The number of aryl methyl sites for hydroxylation is 2. The Labute approximate surface area is 140 Å². The van der Waals surface area contributed by atoms with Gasteiger partial charge in [0.25, 0.3) is 0 Å². The molecule has 0 aliphatic rings. The van der Waals surface area contributed by atoms with Crippen molar-refractivity contribution in [2.45, 2.75) is 20.4 Å². The highest BCUT2D eigenvalue weighted by atomic mass is 79.9. The number of rotatable bonds is 4. The number of hydrogen-bond donors (Lipinski definition) is 1. The fourth-order valence-corrected chi connectivity index (χ4v) is 3.68. The minimum absolute atomic E-state index is 0.389. The summed E-state index contributed by atoms with van der Waals surface area (Å²) >= 11 is 7.06. The molecule has 1 N–H and O–H groups in total. The largest absolute Gasteiger partial charge is 0.465 e. The van der Waals surface area contributed by atoms with Crippen LogP contribution in [-0.4, -0.2) is 13.1 Å². The van der Waals surface area contributed by atoms with E-state index in [4.69, 9.17) is 9.15 Å². The molecule has 6 heteroatoms. The zero-order valence-electron chi connectivity index (χ0n) is 11.9. The van der Waals surface area contributed by atoms with Crippen molar-refractivity contribution in [2.24, 2.45) is 0 Å². The molecule has 2 aromatic rings. The monoisotopic (exact) mass is 415 g/mol. The first-order valence-electron chi connectivity index (χ1n) is 6.29. The zero-order valence-corrected chi connectivity index (χ0v) is 15.1. The Morgan fingerprint density at radius 3 is 2.43 bits per heavy atom. The molecule has 0 aliphatic heterocycles. The summed E-state index contributed by atoms with van der Waals surface area (Å²) in [7, 11) is 1.35. The van der Waals surface area contributed by atoms with Crippen LogP contribution in [-0.2, 0) is 11.3 Å². The molecule has 0 unspecified atom stereocenters. The van der Waals surface area contributed by atoms with Gasteiger partial charge in [-0.25, -0.2) is 4.79 Å². The van der Waals surface area contributed by atoms with Crippen LogP contribution in [0.3, 0.4) is 0 Å². The van der Waals surface area contributed by atoms with Crippen molar-refractivity contribution >= 4 is 43.5 Å². The van der Waals surface area contributed by atoms with Crippen molar-refractivity contribution in [3.05, 3.63) is 49.8 Å². The fraction of sp³-hybridized carbons (Fsp3) is 0.267. The molecule has 0 spiro atoms.